The molecule has 2 nitrogen and oxygen atoms in total. The van der Waals surface area contributed by atoms with Crippen LogP contribution in [-0.4, -0.2) is 10.7 Å². The minimum atomic E-state index is -1.14. The number of aliphatic hydroxyl groups is 1. The molecular formula is C11H13NO. The van der Waals surface area contributed by atoms with E-state index in [9.17, 15) is 5.11 Å². The van der Waals surface area contributed by atoms with Crippen LogP contribution in [0.5, 0.6) is 0 Å². The third-order valence-electron chi connectivity index (χ3n) is 3.61. The number of terminal acetylenes is 1. The van der Waals surface area contributed by atoms with Gasteiger partial charge in [0.05, 0.1) is 11.5 Å². The average molecular weight is 175 g/mol. The van der Waals surface area contributed by atoms with E-state index >= 15 is 0 Å². The predicted molar refractivity (Wildman–Crippen MR) is 48.4 cm³/mol. The number of hydrogen-bond acceptors (Lipinski definition) is 2. The van der Waals surface area contributed by atoms with E-state index in [0.29, 0.717) is 0 Å². The van der Waals surface area contributed by atoms with Crippen molar-refractivity contribution in [1.82, 2.24) is 0 Å². The molecule has 0 saturated heterocycles. The Morgan fingerprint density at radius 3 is 2.31 bits per heavy atom. The molecule has 1 atom stereocenters. The summed E-state index contributed by atoms with van der Waals surface area (Å²) in [6.07, 6.45) is 9.98. The minimum Gasteiger partial charge on any atom is -0.376 e. The number of nitriles is 1. The second-order valence-corrected chi connectivity index (χ2v) is 4.23. The molecule has 2 rings (SSSR count). The molecule has 0 spiro atoms. The zero-order valence-electron chi connectivity index (χ0n) is 7.58. The Morgan fingerprint density at radius 2 is 2.08 bits per heavy atom. The van der Waals surface area contributed by atoms with Crippen LogP contribution >= 0.6 is 0 Å². The maximum absolute atomic E-state index is 10.3. The van der Waals surface area contributed by atoms with Crippen molar-refractivity contribution in [3.05, 3.63) is 0 Å². The minimum absolute atomic E-state index is 0.166. The summed E-state index contributed by atoms with van der Waals surface area (Å²) in [4.78, 5) is 0. The third-order valence-corrected chi connectivity index (χ3v) is 3.61. The molecule has 0 bridgehead atoms. The Morgan fingerprint density at radius 1 is 1.46 bits per heavy atom. The van der Waals surface area contributed by atoms with Crippen molar-refractivity contribution in [3.8, 4) is 18.4 Å². The maximum atomic E-state index is 10.3. The van der Waals surface area contributed by atoms with Gasteiger partial charge in [0, 0.05) is 5.92 Å². The van der Waals surface area contributed by atoms with Crippen molar-refractivity contribution in [2.24, 2.45) is 11.3 Å². The normalized spacial score (nSPS) is 29.2. The van der Waals surface area contributed by atoms with Crippen LogP contribution in [0.3, 0.4) is 0 Å². The lowest BCUT2D eigenvalue weighted by atomic mass is 9.66. The molecule has 2 aliphatic rings. The van der Waals surface area contributed by atoms with Gasteiger partial charge in [-0.2, -0.15) is 5.26 Å². The number of hydrogen-bond donors (Lipinski definition) is 1. The monoisotopic (exact) mass is 175 g/mol. The molecule has 0 aromatic heterocycles. The summed E-state index contributed by atoms with van der Waals surface area (Å²) in [5.74, 6) is 2.63. The molecule has 0 aromatic rings. The van der Waals surface area contributed by atoms with E-state index in [1.54, 1.807) is 0 Å². The molecule has 2 aliphatic carbocycles. The Labute approximate surface area is 78.6 Å². The zero-order chi connectivity index (χ0) is 9.53. The van der Waals surface area contributed by atoms with E-state index in [-0.39, 0.29) is 5.92 Å². The highest BCUT2D eigenvalue weighted by Crippen LogP contribution is 2.59. The van der Waals surface area contributed by atoms with Gasteiger partial charge >= 0.3 is 0 Å². The highest BCUT2D eigenvalue weighted by atomic mass is 16.3. The fraction of sp³-hybridized carbons (Fsp3) is 0.727. The molecule has 1 N–H and O–H groups in total. The second kappa shape index (κ2) is 2.50. The SMILES string of the molecule is C#C[C@@](O)(C1CCC1)C1(C#N)CC1. The van der Waals surface area contributed by atoms with E-state index in [2.05, 4.69) is 12.0 Å². The lowest BCUT2D eigenvalue weighted by molar-refractivity contribution is -0.0402. The Bertz CT molecular complexity index is 301. The van der Waals surface area contributed by atoms with Gasteiger partial charge in [-0.1, -0.05) is 12.3 Å². The first-order valence-electron chi connectivity index (χ1n) is 4.80. The Kier molecular flexibility index (Phi) is 1.65. The molecule has 0 radical (unpaired) electrons. The maximum Gasteiger partial charge on any atom is 0.146 e. The smallest absolute Gasteiger partial charge is 0.146 e. The van der Waals surface area contributed by atoms with Crippen molar-refractivity contribution < 1.29 is 5.11 Å². The van der Waals surface area contributed by atoms with Gasteiger partial charge in [0.15, 0.2) is 0 Å². The van der Waals surface area contributed by atoms with Crippen molar-refractivity contribution in [2.75, 3.05) is 0 Å². The van der Waals surface area contributed by atoms with E-state index in [0.717, 1.165) is 32.1 Å². The summed E-state index contributed by atoms with van der Waals surface area (Å²) in [5, 5.41) is 19.3. The first kappa shape index (κ1) is 8.60. The topological polar surface area (TPSA) is 44.0 Å². The molecule has 0 aromatic carbocycles. The summed E-state index contributed by atoms with van der Waals surface area (Å²) < 4.78 is 0. The lowest BCUT2D eigenvalue weighted by Gasteiger charge is -2.40. The Balaban J connectivity index is 2.26. The van der Waals surface area contributed by atoms with Crippen LogP contribution in [0.1, 0.15) is 32.1 Å². The van der Waals surface area contributed by atoms with Gasteiger partial charge in [0.2, 0.25) is 0 Å². The van der Waals surface area contributed by atoms with Crippen LogP contribution in [-0.2, 0) is 0 Å². The number of nitrogens with zero attached hydrogens (tertiary/aromatic N) is 1. The van der Waals surface area contributed by atoms with Gasteiger partial charge in [-0.15, -0.1) is 6.42 Å². The van der Waals surface area contributed by atoms with Gasteiger partial charge in [0.25, 0.3) is 0 Å². The van der Waals surface area contributed by atoms with Gasteiger partial charge in [-0.25, -0.2) is 0 Å². The molecule has 2 fully saturated rings. The highest BCUT2D eigenvalue weighted by Gasteiger charge is 2.63. The van der Waals surface area contributed by atoms with E-state index in [4.69, 9.17) is 11.7 Å². The van der Waals surface area contributed by atoms with Gasteiger partial charge < -0.3 is 5.11 Å². The van der Waals surface area contributed by atoms with Gasteiger partial charge in [-0.05, 0) is 25.7 Å². The zero-order valence-corrected chi connectivity index (χ0v) is 7.58. The molecule has 13 heavy (non-hydrogen) atoms. The number of rotatable bonds is 2. The molecular weight excluding hydrogens is 162 g/mol. The molecule has 0 amide bonds. The first-order valence-corrected chi connectivity index (χ1v) is 4.80. The summed E-state index contributed by atoms with van der Waals surface area (Å²) >= 11 is 0. The molecule has 0 aliphatic heterocycles. The largest absolute Gasteiger partial charge is 0.376 e. The molecule has 2 saturated carbocycles. The van der Waals surface area contributed by atoms with Crippen LogP contribution < -0.4 is 0 Å². The van der Waals surface area contributed by atoms with Crippen molar-refractivity contribution in [2.45, 2.75) is 37.7 Å². The van der Waals surface area contributed by atoms with Crippen molar-refractivity contribution >= 4 is 0 Å². The highest BCUT2D eigenvalue weighted by molar-refractivity contribution is 5.31. The fourth-order valence-corrected chi connectivity index (χ4v) is 2.18. The van der Waals surface area contributed by atoms with Gasteiger partial charge in [0.1, 0.15) is 5.60 Å². The molecule has 0 heterocycles. The van der Waals surface area contributed by atoms with Crippen molar-refractivity contribution in [1.29, 1.82) is 5.26 Å². The quantitative estimate of drug-likeness (QED) is 0.645. The molecule has 0 unspecified atom stereocenters. The van der Waals surface area contributed by atoms with Crippen LogP contribution in [0.15, 0.2) is 0 Å². The standard InChI is InChI=1S/C11H13NO/c1-2-11(13,9-4-3-5-9)10(8-12)6-7-10/h1,9,13H,3-7H2/t11-/m1/s1. The Hall–Kier alpha value is -0.990. The molecule has 2 heteroatoms. The molecule has 68 valence electrons. The third kappa shape index (κ3) is 0.929. The fourth-order valence-electron chi connectivity index (χ4n) is 2.18. The van der Waals surface area contributed by atoms with Crippen LogP contribution in [0.25, 0.3) is 0 Å². The summed E-state index contributed by atoms with van der Waals surface area (Å²) in [5.41, 5.74) is -1.74. The van der Waals surface area contributed by atoms with E-state index in [1.807, 2.05) is 0 Å². The van der Waals surface area contributed by atoms with Gasteiger partial charge in [-0.3, -0.25) is 0 Å². The second-order valence-electron chi connectivity index (χ2n) is 4.23. The summed E-state index contributed by atoms with van der Waals surface area (Å²) in [6, 6.07) is 2.20. The average Bonchev–Trinajstić information content (AvgIpc) is 2.81. The van der Waals surface area contributed by atoms with Crippen LogP contribution in [0, 0.1) is 35.0 Å². The predicted octanol–water partition coefficient (Wildman–Crippen LogP) is 1.45. The van der Waals surface area contributed by atoms with Crippen LogP contribution in [0.4, 0.5) is 0 Å². The van der Waals surface area contributed by atoms with Crippen LogP contribution in [0.2, 0.25) is 0 Å². The lowest BCUT2D eigenvalue weighted by Crippen LogP contribution is -2.47. The van der Waals surface area contributed by atoms with E-state index < -0.39 is 11.0 Å². The summed E-state index contributed by atoms with van der Waals surface area (Å²) in [7, 11) is 0. The van der Waals surface area contributed by atoms with E-state index in [1.165, 1.54) is 0 Å². The van der Waals surface area contributed by atoms with Crippen molar-refractivity contribution in [3.63, 3.8) is 0 Å². The first-order chi connectivity index (χ1) is 6.18. The summed E-state index contributed by atoms with van der Waals surface area (Å²) in [6.45, 7) is 0.